The standard InChI is InChI=1S/C81H151N9O36/c1-55(48-91)72(104)75(107)69(87-57(3)93)78(110)122-44-41-116-38-35-113-32-26-83-65(100)22-29-119-52-81(90-68(103)21-17-13-12-16-19-63(98)82-25-18-14-10-8-9-11-15-20-64(99)86-47-61(97)50-112-7,53-120-30-23-66(101)84-27-33-114-36-39-117-42-45-123-79(111)70(88-58(4)94)76(108)73(105)56(2)49-92)54-121-31-24-67(102)85-28-34-115-37-40-118-43-46-124-80-71(89-59(5)95)77(109)74(106)62(126-80)51-125-60(6)96/h55-56,61-62,69-80,91-92,97,104-111H,8-54H2,1-7H3,(H,82,98)(H,83,100)(H,84,101)(H,85,102)(H,86,99)(H,87,93)(H,88,94)(H,89,95)(H,90,103)/t55?,56?,61?,62?,69?,70?,71?,72-,73-,74-,75+,76+,77+,78-,79-,80+,81?/m0/s1. The highest BCUT2D eigenvalue weighted by Crippen LogP contribution is 2.24. The van der Waals surface area contributed by atoms with Crippen molar-refractivity contribution in [3.63, 3.8) is 0 Å². The summed E-state index contributed by atoms with van der Waals surface area (Å²) in [6.07, 6.45) is -6.92. The molecule has 736 valence electrons. The number of aliphatic hydroxyl groups excluding tert-OH is 11. The molecule has 0 aromatic heterocycles. The van der Waals surface area contributed by atoms with E-state index >= 15 is 0 Å². The molecule has 126 heavy (non-hydrogen) atoms. The van der Waals surface area contributed by atoms with E-state index in [-0.39, 0.29) is 216 Å². The van der Waals surface area contributed by atoms with Crippen molar-refractivity contribution in [2.24, 2.45) is 11.8 Å². The Morgan fingerprint density at radius 2 is 0.762 bits per heavy atom. The largest absolute Gasteiger partial charge is 0.463 e. The van der Waals surface area contributed by atoms with E-state index in [2.05, 4.69) is 47.9 Å². The molecule has 1 aliphatic rings. The molecule has 20 N–H and O–H groups in total. The predicted molar refractivity (Wildman–Crippen MR) is 446 cm³/mol. The van der Waals surface area contributed by atoms with Crippen LogP contribution in [-0.4, -0.2) is 412 Å². The zero-order valence-electron chi connectivity index (χ0n) is 74.6. The van der Waals surface area contributed by atoms with Gasteiger partial charge in [0.25, 0.3) is 0 Å². The van der Waals surface area contributed by atoms with Crippen molar-refractivity contribution in [3.8, 4) is 0 Å². The van der Waals surface area contributed by atoms with Gasteiger partial charge in [-0.25, -0.2) is 0 Å². The van der Waals surface area contributed by atoms with Crippen LogP contribution in [0.4, 0.5) is 0 Å². The van der Waals surface area contributed by atoms with Crippen LogP contribution in [0.3, 0.4) is 0 Å². The number of ether oxygens (including phenoxy) is 15. The second-order valence-electron chi connectivity index (χ2n) is 30.5. The number of amides is 9. The van der Waals surface area contributed by atoms with Crippen LogP contribution in [0.2, 0.25) is 0 Å². The normalized spacial score (nSPS) is 18.3. The number of esters is 1. The molecule has 0 spiro atoms. The summed E-state index contributed by atoms with van der Waals surface area (Å²) in [5.41, 5.74) is -1.47. The molecule has 16 atom stereocenters. The van der Waals surface area contributed by atoms with Gasteiger partial charge in [0.2, 0.25) is 53.2 Å². The Labute approximate surface area is 738 Å². The van der Waals surface area contributed by atoms with E-state index in [0.717, 1.165) is 58.8 Å². The molecule has 1 heterocycles. The lowest BCUT2D eigenvalue weighted by molar-refractivity contribution is -0.273. The van der Waals surface area contributed by atoms with Gasteiger partial charge in [0.05, 0.1) is 164 Å². The Morgan fingerprint density at radius 1 is 0.397 bits per heavy atom. The summed E-state index contributed by atoms with van der Waals surface area (Å²) in [5, 5.41) is 137. The van der Waals surface area contributed by atoms with Gasteiger partial charge < -0.3 is 175 Å². The third-order valence-electron chi connectivity index (χ3n) is 19.2. The van der Waals surface area contributed by atoms with Crippen LogP contribution in [-0.2, 0) is 119 Å². The molecule has 7 unspecified atom stereocenters. The number of rotatable bonds is 82. The van der Waals surface area contributed by atoms with Gasteiger partial charge in [-0.3, -0.25) is 47.9 Å². The zero-order valence-corrected chi connectivity index (χ0v) is 74.6. The average molecular weight is 1830 g/mol. The van der Waals surface area contributed by atoms with Crippen molar-refractivity contribution < 1.29 is 175 Å². The molecule has 1 saturated heterocycles. The number of unbranched alkanes of at least 4 members (excludes halogenated alkanes) is 9. The van der Waals surface area contributed by atoms with Gasteiger partial charge in [-0.2, -0.15) is 0 Å². The Balaban J connectivity index is 3.06. The number of carbonyl (C=O) groups excluding carboxylic acids is 10. The number of aliphatic hydroxyl groups is 11. The lowest BCUT2D eigenvalue weighted by Crippen LogP contribution is -2.64. The Kier molecular flexibility index (Phi) is 69.5. The van der Waals surface area contributed by atoms with Gasteiger partial charge >= 0.3 is 5.97 Å². The van der Waals surface area contributed by atoms with Crippen LogP contribution in [0.5, 0.6) is 0 Å². The summed E-state index contributed by atoms with van der Waals surface area (Å²) in [6.45, 7) is 6.50. The Morgan fingerprint density at radius 3 is 1.16 bits per heavy atom. The number of nitrogens with one attached hydrogen (secondary N) is 9. The second-order valence-corrected chi connectivity index (χ2v) is 30.5. The highest BCUT2D eigenvalue weighted by atomic mass is 16.7. The third kappa shape index (κ3) is 59.1. The van der Waals surface area contributed by atoms with Crippen LogP contribution < -0.4 is 47.9 Å². The molecule has 9 amide bonds. The van der Waals surface area contributed by atoms with E-state index in [1.54, 1.807) is 0 Å². The molecule has 0 radical (unpaired) electrons. The van der Waals surface area contributed by atoms with Crippen LogP contribution >= 0.6 is 0 Å². The fourth-order valence-corrected chi connectivity index (χ4v) is 12.1. The fourth-order valence-electron chi connectivity index (χ4n) is 12.1. The quantitative estimate of drug-likeness (QED) is 0.0153. The first-order valence-corrected chi connectivity index (χ1v) is 43.4. The van der Waals surface area contributed by atoms with Gasteiger partial charge in [0.1, 0.15) is 60.8 Å². The maximum Gasteiger partial charge on any atom is 0.302 e. The maximum absolute atomic E-state index is 14.0. The van der Waals surface area contributed by atoms with Crippen molar-refractivity contribution in [3.05, 3.63) is 0 Å². The minimum Gasteiger partial charge on any atom is -0.463 e. The molecule has 0 aliphatic carbocycles. The summed E-state index contributed by atoms with van der Waals surface area (Å²) >= 11 is 0. The summed E-state index contributed by atoms with van der Waals surface area (Å²) in [5.74, 6) is -5.76. The van der Waals surface area contributed by atoms with Crippen molar-refractivity contribution in [1.29, 1.82) is 0 Å². The number of hydrogen-bond donors (Lipinski definition) is 20. The molecule has 0 saturated carbocycles. The molecule has 0 bridgehead atoms. The number of methoxy groups -OCH3 is 1. The molecule has 1 aliphatic heterocycles. The highest BCUT2D eigenvalue weighted by Gasteiger charge is 2.46. The van der Waals surface area contributed by atoms with Crippen molar-refractivity contribution in [2.45, 2.75) is 242 Å². The summed E-state index contributed by atoms with van der Waals surface area (Å²) in [4.78, 5) is 125. The molecular weight excluding hydrogens is 1670 g/mol. The first-order valence-electron chi connectivity index (χ1n) is 43.4. The maximum atomic E-state index is 14.0. The van der Waals surface area contributed by atoms with E-state index < -0.39 is 164 Å². The monoisotopic (exact) mass is 1830 g/mol. The summed E-state index contributed by atoms with van der Waals surface area (Å²) < 4.78 is 83.4. The number of hydrogen-bond acceptors (Lipinski definition) is 36. The van der Waals surface area contributed by atoms with E-state index in [4.69, 9.17) is 71.1 Å². The third-order valence-corrected chi connectivity index (χ3v) is 19.2. The molecule has 45 heteroatoms. The first kappa shape index (κ1) is 118. The van der Waals surface area contributed by atoms with Crippen LogP contribution in [0.25, 0.3) is 0 Å². The fraction of sp³-hybridized carbons (Fsp3) is 0.877. The van der Waals surface area contributed by atoms with E-state index in [9.17, 15) is 104 Å². The van der Waals surface area contributed by atoms with E-state index in [1.165, 1.54) is 34.8 Å². The van der Waals surface area contributed by atoms with Crippen molar-refractivity contribution >= 4 is 59.1 Å². The minimum absolute atomic E-state index is 0.0246. The smallest absolute Gasteiger partial charge is 0.302 e. The predicted octanol–water partition coefficient (Wildman–Crippen LogP) is -5.88. The zero-order chi connectivity index (χ0) is 93.7. The van der Waals surface area contributed by atoms with Gasteiger partial charge in [0.15, 0.2) is 18.9 Å². The molecule has 45 nitrogen and oxygen atoms in total. The molecule has 0 aromatic carbocycles. The van der Waals surface area contributed by atoms with Gasteiger partial charge in [-0.15, -0.1) is 0 Å². The van der Waals surface area contributed by atoms with Crippen LogP contribution in [0.15, 0.2) is 0 Å². The van der Waals surface area contributed by atoms with E-state index in [0.29, 0.717) is 45.1 Å². The SMILES string of the molecule is COCC(O)CNC(=O)CCCCCCCCCNC(=O)CCCCCCC(=O)NC(COCCC(=O)NCCOCCOCCO[C@@H]1OC(COC(C)=O)[C@H](O)[C@H](O)C1NC(C)=O)(COCCC(=O)NCCOCCOCCO[C@H](O)C(NC(C)=O)[C@@H](O)[C@@H](O)C(C)CO)COCCC(=O)NCCOCCOCCO[C@H](O)C(NC(C)=O)[C@@H](O)[C@@H](O)C(C)CO. The molecule has 1 rings (SSSR count). The summed E-state index contributed by atoms with van der Waals surface area (Å²) in [7, 11) is 1.48. The lowest BCUT2D eigenvalue weighted by atomic mass is 9.95. The highest BCUT2D eigenvalue weighted by molar-refractivity contribution is 5.78. The average Bonchev–Trinajstić information content (AvgIpc) is 0.802. The van der Waals surface area contributed by atoms with Gasteiger partial charge in [-0.05, 0) is 25.7 Å². The molecular formula is C81H151N9O36. The van der Waals surface area contributed by atoms with Gasteiger partial charge in [-0.1, -0.05) is 58.8 Å². The number of carbonyl (C=O) groups is 10. The van der Waals surface area contributed by atoms with Crippen molar-refractivity contribution in [2.75, 3.05) is 205 Å². The van der Waals surface area contributed by atoms with Crippen molar-refractivity contribution in [1.82, 2.24) is 47.9 Å². The van der Waals surface area contributed by atoms with Gasteiger partial charge in [0, 0.05) is 131 Å². The van der Waals surface area contributed by atoms with Crippen LogP contribution in [0.1, 0.15) is 151 Å². The topological polar surface area (TPSA) is 640 Å². The minimum atomic E-state index is -1.74. The summed E-state index contributed by atoms with van der Waals surface area (Å²) in [6, 6.07) is -3.99. The molecule has 1 fully saturated rings. The first-order chi connectivity index (χ1) is 60.3. The Hall–Kier alpha value is -6.30. The van der Waals surface area contributed by atoms with Crippen LogP contribution in [0, 0.1) is 11.8 Å². The molecule has 0 aromatic rings. The van der Waals surface area contributed by atoms with E-state index in [1.807, 2.05) is 0 Å². The lowest BCUT2D eigenvalue weighted by Gasteiger charge is -2.42. The second kappa shape index (κ2) is 74.4. The Bertz CT molecular complexity index is 2810.